The SMILES string of the molecule is CC1NC=C(C(=O)O)N1C. The largest absolute Gasteiger partial charge is 0.477 e. The minimum Gasteiger partial charge on any atom is -0.477 e. The fourth-order valence-electron chi connectivity index (χ4n) is 0.834. The fourth-order valence-corrected chi connectivity index (χ4v) is 0.834. The summed E-state index contributed by atoms with van der Waals surface area (Å²) in [6.07, 6.45) is 1.60. The van der Waals surface area contributed by atoms with Gasteiger partial charge < -0.3 is 15.3 Å². The summed E-state index contributed by atoms with van der Waals surface area (Å²) in [5.41, 5.74) is 0.313. The summed E-state index contributed by atoms with van der Waals surface area (Å²) in [5, 5.41) is 11.4. The van der Waals surface area contributed by atoms with Crippen molar-refractivity contribution in [2.24, 2.45) is 0 Å². The van der Waals surface area contributed by atoms with Gasteiger partial charge in [-0.1, -0.05) is 0 Å². The zero-order valence-corrected chi connectivity index (χ0v) is 5.96. The van der Waals surface area contributed by atoms with Crippen LogP contribution in [0.1, 0.15) is 6.92 Å². The molecule has 0 aromatic heterocycles. The second kappa shape index (κ2) is 2.21. The smallest absolute Gasteiger partial charge is 0.353 e. The number of nitrogens with zero attached hydrogens (tertiary/aromatic N) is 1. The third-order valence-electron chi connectivity index (χ3n) is 1.64. The Morgan fingerprint density at radius 2 is 2.50 bits per heavy atom. The number of carboxylic acid groups (broad SMARTS) is 1. The monoisotopic (exact) mass is 142 g/mol. The zero-order chi connectivity index (χ0) is 7.72. The lowest BCUT2D eigenvalue weighted by Gasteiger charge is -2.18. The Morgan fingerprint density at radius 1 is 1.90 bits per heavy atom. The van der Waals surface area contributed by atoms with Crippen molar-refractivity contribution in [3.8, 4) is 0 Å². The summed E-state index contributed by atoms with van der Waals surface area (Å²) < 4.78 is 0. The van der Waals surface area contributed by atoms with Gasteiger partial charge in [0, 0.05) is 13.2 Å². The van der Waals surface area contributed by atoms with Crippen LogP contribution in [0.3, 0.4) is 0 Å². The molecule has 1 heterocycles. The van der Waals surface area contributed by atoms with Gasteiger partial charge in [-0.2, -0.15) is 0 Å². The van der Waals surface area contributed by atoms with Crippen LogP contribution >= 0.6 is 0 Å². The molecule has 0 aromatic carbocycles. The van der Waals surface area contributed by atoms with Gasteiger partial charge in [-0.15, -0.1) is 0 Å². The van der Waals surface area contributed by atoms with Gasteiger partial charge in [0.25, 0.3) is 0 Å². The van der Waals surface area contributed by atoms with Gasteiger partial charge in [-0.3, -0.25) is 0 Å². The molecule has 0 amide bonds. The lowest BCUT2D eigenvalue weighted by atomic mass is 10.4. The van der Waals surface area contributed by atoms with Crippen LogP contribution in [0.5, 0.6) is 0 Å². The summed E-state index contributed by atoms with van der Waals surface area (Å²) in [6, 6.07) is 0. The number of hydrogen-bond acceptors (Lipinski definition) is 3. The zero-order valence-electron chi connectivity index (χ0n) is 5.96. The predicted octanol–water partition coefficient (Wildman–Crippen LogP) is -0.207. The summed E-state index contributed by atoms with van der Waals surface area (Å²) in [6.45, 7) is 1.90. The van der Waals surface area contributed by atoms with Gasteiger partial charge in [0.1, 0.15) is 5.70 Å². The molecule has 4 heteroatoms. The predicted molar refractivity (Wildman–Crippen MR) is 36.1 cm³/mol. The molecule has 0 bridgehead atoms. The van der Waals surface area contributed by atoms with Crippen molar-refractivity contribution in [1.82, 2.24) is 10.2 Å². The Hall–Kier alpha value is -1.19. The average Bonchev–Trinajstić information content (AvgIpc) is 2.14. The van der Waals surface area contributed by atoms with Crippen LogP contribution in [0.25, 0.3) is 0 Å². The third kappa shape index (κ3) is 0.920. The first-order valence-electron chi connectivity index (χ1n) is 3.05. The summed E-state index contributed by atoms with van der Waals surface area (Å²) >= 11 is 0. The van der Waals surface area contributed by atoms with Crippen LogP contribution in [0, 0.1) is 0 Å². The number of carbonyl (C=O) groups is 1. The second-order valence-corrected chi connectivity index (χ2v) is 2.29. The highest BCUT2D eigenvalue weighted by Crippen LogP contribution is 2.10. The van der Waals surface area contributed by atoms with Crippen LogP contribution < -0.4 is 5.32 Å². The van der Waals surface area contributed by atoms with Crippen molar-refractivity contribution in [2.45, 2.75) is 13.1 Å². The van der Waals surface area contributed by atoms with Gasteiger partial charge in [0.05, 0.1) is 6.17 Å². The molecule has 1 aliphatic rings. The molecule has 0 saturated heterocycles. The van der Waals surface area contributed by atoms with Gasteiger partial charge in [0.2, 0.25) is 0 Å². The standard InChI is InChI=1S/C6H10N2O2/c1-4-7-3-5(6(9)10)8(4)2/h3-4,7H,1-2H3,(H,9,10). The molecule has 1 rings (SSSR count). The van der Waals surface area contributed by atoms with Crippen molar-refractivity contribution < 1.29 is 9.90 Å². The molecule has 0 aromatic rings. The molecule has 0 aliphatic carbocycles. The molecular formula is C6H10N2O2. The molecule has 2 N–H and O–H groups in total. The normalized spacial score (nSPS) is 24.0. The van der Waals surface area contributed by atoms with E-state index in [4.69, 9.17) is 5.11 Å². The number of hydrogen-bond donors (Lipinski definition) is 2. The maximum absolute atomic E-state index is 10.4. The van der Waals surface area contributed by atoms with E-state index in [1.807, 2.05) is 6.92 Å². The molecule has 0 spiro atoms. The highest BCUT2D eigenvalue weighted by molar-refractivity contribution is 5.86. The van der Waals surface area contributed by atoms with E-state index in [0.717, 1.165) is 0 Å². The van der Waals surface area contributed by atoms with Crippen LogP contribution in [-0.4, -0.2) is 29.2 Å². The first kappa shape index (κ1) is 6.92. The lowest BCUT2D eigenvalue weighted by Crippen LogP contribution is -2.32. The molecule has 0 saturated carbocycles. The van der Waals surface area contributed by atoms with E-state index < -0.39 is 5.97 Å². The van der Waals surface area contributed by atoms with Crippen molar-refractivity contribution in [3.05, 3.63) is 11.9 Å². The minimum atomic E-state index is -0.889. The Labute approximate surface area is 59.1 Å². The Kier molecular flexibility index (Phi) is 1.53. The van der Waals surface area contributed by atoms with Gasteiger partial charge in [0.15, 0.2) is 0 Å². The summed E-state index contributed by atoms with van der Waals surface area (Å²) in [5.74, 6) is -0.889. The number of rotatable bonds is 1. The molecule has 0 radical (unpaired) electrons. The Bertz CT molecular complexity index is 188. The summed E-state index contributed by atoms with van der Waals surface area (Å²) in [4.78, 5) is 12.1. The average molecular weight is 142 g/mol. The second-order valence-electron chi connectivity index (χ2n) is 2.29. The lowest BCUT2D eigenvalue weighted by molar-refractivity contribution is -0.134. The molecule has 4 nitrogen and oxygen atoms in total. The molecule has 1 aliphatic heterocycles. The van der Waals surface area contributed by atoms with Crippen molar-refractivity contribution in [3.63, 3.8) is 0 Å². The van der Waals surface area contributed by atoms with E-state index >= 15 is 0 Å². The van der Waals surface area contributed by atoms with Gasteiger partial charge >= 0.3 is 5.97 Å². The van der Waals surface area contributed by atoms with Gasteiger partial charge in [-0.25, -0.2) is 4.79 Å². The third-order valence-corrected chi connectivity index (χ3v) is 1.64. The number of aliphatic carboxylic acids is 1. The quantitative estimate of drug-likeness (QED) is 0.532. The van der Waals surface area contributed by atoms with Crippen LogP contribution in [0.2, 0.25) is 0 Å². The number of carboxylic acids is 1. The first-order chi connectivity index (χ1) is 4.63. The highest BCUT2D eigenvalue weighted by atomic mass is 16.4. The molecule has 0 fully saturated rings. The molecule has 56 valence electrons. The van der Waals surface area contributed by atoms with Crippen LogP contribution in [0.15, 0.2) is 11.9 Å². The Morgan fingerprint density at radius 3 is 2.70 bits per heavy atom. The van der Waals surface area contributed by atoms with E-state index in [-0.39, 0.29) is 6.17 Å². The Balaban J connectivity index is 2.72. The van der Waals surface area contributed by atoms with E-state index in [1.54, 1.807) is 11.9 Å². The molecule has 1 unspecified atom stereocenters. The maximum atomic E-state index is 10.4. The van der Waals surface area contributed by atoms with E-state index in [9.17, 15) is 4.79 Å². The van der Waals surface area contributed by atoms with Crippen LogP contribution in [0.4, 0.5) is 0 Å². The molecule has 10 heavy (non-hydrogen) atoms. The maximum Gasteiger partial charge on any atom is 0.353 e. The minimum absolute atomic E-state index is 0.0890. The van der Waals surface area contributed by atoms with Crippen LogP contribution in [-0.2, 0) is 4.79 Å². The van der Waals surface area contributed by atoms with Gasteiger partial charge in [-0.05, 0) is 6.92 Å². The highest BCUT2D eigenvalue weighted by Gasteiger charge is 2.22. The molecular weight excluding hydrogens is 132 g/mol. The number of nitrogens with one attached hydrogen (secondary N) is 1. The van der Waals surface area contributed by atoms with E-state index in [2.05, 4.69) is 5.32 Å². The first-order valence-corrected chi connectivity index (χ1v) is 3.05. The fraction of sp³-hybridized carbons (Fsp3) is 0.500. The van der Waals surface area contributed by atoms with Crippen molar-refractivity contribution >= 4 is 5.97 Å². The topological polar surface area (TPSA) is 52.6 Å². The van der Waals surface area contributed by atoms with E-state index in [1.165, 1.54) is 6.20 Å². The number of likely N-dealkylation sites (N-methyl/N-ethyl adjacent to an activating group) is 1. The van der Waals surface area contributed by atoms with E-state index in [0.29, 0.717) is 5.70 Å². The van der Waals surface area contributed by atoms with Crippen molar-refractivity contribution in [2.75, 3.05) is 7.05 Å². The summed E-state index contributed by atoms with van der Waals surface area (Å²) in [7, 11) is 1.74. The van der Waals surface area contributed by atoms with Crippen molar-refractivity contribution in [1.29, 1.82) is 0 Å². The molecule has 1 atom stereocenters.